The number of likely N-dealkylation sites (tertiary alicyclic amines) is 2. The van der Waals surface area contributed by atoms with Crippen LogP contribution in [0.1, 0.15) is 19.3 Å². The molecule has 0 bridgehead atoms. The molecule has 4 heteroatoms. The molecule has 0 aliphatic carbocycles. The minimum atomic E-state index is -0.335. The van der Waals surface area contributed by atoms with E-state index in [0.29, 0.717) is 6.61 Å². The molecule has 100 valence electrons. The predicted molar refractivity (Wildman–Crippen MR) is 68.1 cm³/mol. The molecule has 0 aromatic heterocycles. The SMILES string of the molecule is COCC(O)CN1CCC2C(CCCN2C)C1. The second-order valence-corrected chi connectivity index (χ2v) is 5.61. The molecule has 2 rings (SSSR count). The third-order valence-corrected chi connectivity index (χ3v) is 4.26. The lowest BCUT2D eigenvalue weighted by Gasteiger charge is -2.46. The lowest BCUT2D eigenvalue weighted by Crippen LogP contribution is -2.53. The van der Waals surface area contributed by atoms with Crippen LogP contribution in [0.25, 0.3) is 0 Å². The summed E-state index contributed by atoms with van der Waals surface area (Å²) in [5.74, 6) is 0.803. The average molecular weight is 242 g/mol. The molecule has 0 spiro atoms. The highest BCUT2D eigenvalue weighted by atomic mass is 16.5. The Kier molecular flexibility index (Phi) is 4.79. The minimum Gasteiger partial charge on any atom is -0.389 e. The fraction of sp³-hybridized carbons (Fsp3) is 1.00. The highest BCUT2D eigenvalue weighted by Crippen LogP contribution is 2.29. The van der Waals surface area contributed by atoms with Crippen LogP contribution in [0, 0.1) is 5.92 Å². The Bertz CT molecular complexity index is 237. The first-order valence-corrected chi connectivity index (χ1v) is 6.80. The van der Waals surface area contributed by atoms with E-state index in [-0.39, 0.29) is 6.10 Å². The molecule has 2 fully saturated rings. The van der Waals surface area contributed by atoms with E-state index in [9.17, 15) is 5.11 Å². The van der Waals surface area contributed by atoms with Gasteiger partial charge in [0.1, 0.15) is 0 Å². The smallest absolute Gasteiger partial charge is 0.0900 e. The Hall–Kier alpha value is -0.160. The van der Waals surface area contributed by atoms with E-state index in [1.54, 1.807) is 7.11 Å². The van der Waals surface area contributed by atoms with Crippen LogP contribution >= 0.6 is 0 Å². The Morgan fingerprint density at radius 2 is 2.18 bits per heavy atom. The quantitative estimate of drug-likeness (QED) is 0.774. The van der Waals surface area contributed by atoms with Crippen molar-refractivity contribution < 1.29 is 9.84 Å². The van der Waals surface area contributed by atoms with E-state index in [1.807, 2.05) is 0 Å². The van der Waals surface area contributed by atoms with Gasteiger partial charge in [0.2, 0.25) is 0 Å². The number of fused-ring (bicyclic) bond motifs is 1. The number of β-amino-alcohol motifs (C(OH)–C–C–N with tert-alkyl or cyclic N) is 1. The van der Waals surface area contributed by atoms with Crippen LogP contribution in [0.2, 0.25) is 0 Å². The van der Waals surface area contributed by atoms with Gasteiger partial charge in [-0.25, -0.2) is 0 Å². The molecule has 0 aromatic carbocycles. The van der Waals surface area contributed by atoms with Crippen molar-refractivity contribution in [3.63, 3.8) is 0 Å². The van der Waals surface area contributed by atoms with Gasteiger partial charge in [-0.1, -0.05) is 0 Å². The van der Waals surface area contributed by atoms with Crippen molar-refractivity contribution in [2.75, 3.05) is 46.9 Å². The van der Waals surface area contributed by atoms with Gasteiger partial charge in [-0.2, -0.15) is 0 Å². The average Bonchev–Trinajstić information content (AvgIpc) is 2.29. The van der Waals surface area contributed by atoms with Crippen LogP contribution in [0.4, 0.5) is 0 Å². The fourth-order valence-electron chi connectivity index (χ4n) is 3.44. The van der Waals surface area contributed by atoms with E-state index >= 15 is 0 Å². The number of hydrogen-bond acceptors (Lipinski definition) is 4. The van der Waals surface area contributed by atoms with Gasteiger partial charge in [0, 0.05) is 26.2 Å². The summed E-state index contributed by atoms with van der Waals surface area (Å²) >= 11 is 0. The van der Waals surface area contributed by atoms with E-state index in [4.69, 9.17) is 4.74 Å². The zero-order valence-electron chi connectivity index (χ0n) is 11.1. The molecule has 1 N–H and O–H groups in total. The molecule has 4 nitrogen and oxygen atoms in total. The number of piperidine rings is 2. The highest BCUT2D eigenvalue weighted by molar-refractivity contribution is 4.89. The highest BCUT2D eigenvalue weighted by Gasteiger charge is 2.34. The maximum Gasteiger partial charge on any atom is 0.0900 e. The number of ether oxygens (including phenoxy) is 1. The summed E-state index contributed by atoms with van der Waals surface area (Å²) in [6.07, 6.45) is 3.59. The second kappa shape index (κ2) is 6.14. The van der Waals surface area contributed by atoms with Gasteiger partial charge >= 0.3 is 0 Å². The molecule has 0 aromatic rings. The number of nitrogens with zero attached hydrogens (tertiary/aromatic N) is 2. The number of aliphatic hydroxyl groups excluding tert-OH is 1. The minimum absolute atomic E-state index is 0.335. The number of methoxy groups -OCH3 is 1. The molecule has 0 saturated carbocycles. The Balaban J connectivity index is 1.81. The third kappa shape index (κ3) is 3.41. The Morgan fingerprint density at radius 3 is 2.94 bits per heavy atom. The molecule has 3 unspecified atom stereocenters. The molecule has 0 radical (unpaired) electrons. The molecular weight excluding hydrogens is 216 g/mol. The summed E-state index contributed by atoms with van der Waals surface area (Å²) < 4.78 is 4.98. The van der Waals surface area contributed by atoms with Crippen molar-refractivity contribution >= 4 is 0 Å². The van der Waals surface area contributed by atoms with Crippen molar-refractivity contribution in [3.05, 3.63) is 0 Å². The van der Waals surface area contributed by atoms with E-state index in [0.717, 1.165) is 31.6 Å². The first kappa shape index (κ1) is 13.3. The number of aliphatic hydroxyl groups is 1. The summed E-state index contributed by atoms with van der Waals surface area (Å²) in [5.41, 5.74) is 0. The molecule has 17 heavy (non-hydrogen) atoms. The van der Waals surface area contributed by atoms with E-state index in [2.05, 4.69) is 16.8 Å². The summed E-state index contributed by atoms with van der Waals surface area (Å²) in [4.78, 5) is 4.93. The third-order valence-electron chi connectivity index (χ3n) is 4.26. The van der Waals surface area contributed by atoms with Crippen molar-refractivity contribution in [1.82, 2.24) is 9.80 Å². The van der Waals surface area contributed by atoms with Gasteiger partial charge in [0.05, 0.1) is 12.7 Å². The Labute approximate surface area is 105 Å². The molecule has 0 amide bonds. The van der Waals surface area contributed by atoms with Gasteiger partial charge in [-0.15, -0.1) is 0 Å². The summed E-state index contributed by atoms with van der Waals surface area (Å²) in [7, 11) is 3.90. The largest absolute Gasteiger partial charge is 0.389 e. The summed E-state index contributed by atoms with van der Waals surface area (Å²) in [6.45, 7) is 4.74. The zero-order chi connectivity index (χ0) is 12.3. The van der Waals surface area contributed by atoms with Crippen molar-refractivity contribution in [2.24, 2.45) is 5.92 Å². The van der Waals surface area contributed by atoms with Gasteiger partial charge < -0.3 is 19.6 Å². The first-order valence-electron chi connectivity index (χ1n) is 6.80. The molecule has 3 atom stereocenters. The Morgan fingerprint density at radius 1 is 1.35 bits per heavy atom. The number of hydrogen-bond donors (Lipinski definition) is 1. The van der Waals surface area contributed by atoms with Crippen LogP contribution in [-0.2, 0) is 4.74 Å². The van der Waals surface area contributed by atoms with Gasteiger partial charge in [-0.3, -0.25) is 0 Å². The standard InChI is InChI=1S/C13H26N2O2/c1-14-6-3-4-11-8-15(7-5-13(11)14)9-12(16)10-17-2/h11-13,16H,3-10H2,1-2H3. The summed E-state index contributed by atoms with van der Waals surface area (Å²) in [5, 5.41) is 9.77. The van der Waals surface area contributed by atoms with Crippen LogP contribution < -0.4 is 0 Å². The van der Waals surface area contributed by atoms with Crippen LogP contribution in [0.5, 0.6) is 0 Å². The monoisotopic (exact) mass is 242 g/mol. The molecule has 2 aliphatic rings. The molecule has 2 heterocycles. The normalized spacial score (nSPS) is 33.4. The van der Waals surface area contributed by atoms with Crippen LogP contribution in [0.15, 0.2) is 0 Å². The van der Waals surface area contributed by atoms with Gasteiger partial charge in [0.15, 0.2) is 0 Å². The molecular formula is C13H26N2O2. The van der Waals surface area contributed by atoms with Gasteiger partial charge in [-0.05, 0) is 45.3 Å². The first-order chi connectivity index (χ1) is 8.20. The van der Waals surface area contributed by atoms with E-state index < -0.39 is 0 Å². The lowest BCUT2D eigenvalue weighted by molar-refractivity contribution is -0.00210. The molecule has 2 aliphatic heterocycles. The van der Waals surface area contributed by atoms with Crippen molar-refractivity contribution in [1.29, 1.82) is 0 Å². The fourth-order valence-corrected chi connectivity index (χ4v) is 3.44. The van der Waals surface area contributed by atoms with Crippen molar-refractivity contribution in [3.8, 4) is 0 Å². The molecule has 2 saturated heterocycles. The maximum absolute atomic E-state index is 9.77. The van der Waals surface area contributed by atoms with Crippen LogP contribution in [-0.4, -0.2) is 74.0 Å². The number of rotatable bonds is 4. The topological polar surface area (TPSA) is 35.9 Å². The second-order valence-electron chi connectivity index (χ2n) is 5.61. The summed E-state index contributed by atoms with van der Waals surface area (Å²) in [6, 6.07) is 0.777. The maximum atomic E-state index is 9.77. The lowest BCUT2D eigenvalue weighted by atomic mass is 9.84. The van der Waals surface area contributed by atoms with E-state index in [1.165, 1.54) is 25.8 Å². The van der Waals surface area contributed by atoms with Gasteiger partial charge in [0.25, 0.3) is 0 Å². The predicted octanol–water partition coefficient (Wildman–Crippen LogP) is 0.410. The zero-order valence-corrected chi connectivity index (χ0v) is 11.1. The van der Waals surface area contributed by atoms with Crippen molar-refractivity contribution in [2.45, 2.75) is 31.4 Å². The van der Waals surface area contributed by atoms with Crippen LogP contribution in [0.3, 0.4) is 0 Å².